The van der Waals surface area contributed by atoms with Crippen molar-refractivity contribution in [2.24, 2.45) is 28.2 Å². The lowest BCUT2D eigenvalue weighted by Gasteiger charge is -2.16. The van der Waals surface area contributed by atoms with Crippen molar-refractivity contribution >= 4 is 111 Å². The predicted molar refractivity (Wildman–Crippen MR) is 552 cm³/mol. The largest absolute Gasteiger partial charge is 0.456 e. The molecule has 134 heavy (non-hydrogen) atoms. The molecule has 0 saturated carbocycles. The second-order valence-corrected chi connectivity index (χ2v) is 33.9. The van der Waals surface area contributed by atoms with Crippen LogP contribution in [0.15, 0.2) is 260 Å². The molecule has 0 aliphatic heterocycles. The van der Waals surface area contributed by atoms with Crippen LogP contribution in [-0.2, 0) is 28.2 Å². The van der Waals surface area contributed by atoms with Crippen molar-refractivity contribution in [3.63, 3.8) is 0 Å². The number of hydrogen-bond donors (Lipinski definition) is 0. The van der Waals surface area contributed by atoms with Crippen LogP contribution in [0, 0.1) is 116 Å². The second-order valence-electron chi connectivity index (χ2n) is 33.9. The van der Waals surface area contributed by atoms with Gasteiger partial charge in [-0.2, -0.15) is 18.3 Å². The molecule has 0 amide bonds. The standard InChI is InChI=1S/3C31H29N2O.C29H25N2O/c1-18(2)25-17-27(33(7)21(5)20(25)4)29-19(3)15-26(22-11-9-8-10-12-22)30-24-14-13-23(32-6)16-28(24)34-31(29)30;1-18(2)25-17-27(33(7)21(5)20(25)4)29-19(3)13-14-24-30-26(22-11-9-8-10-12-22)15-23(32-6)16-28(30)34-31(24)29;1-18(2)24-16-28(33(7)21(5)20(24)4)30-19(3)13-14-23-26-15-25(22-11-9-8-10-12-22)27(32-6)17-29(26)34-31(23)30;1-17-15-25(31(6)20(4)19(17)3)27-18(2)14-24(21-10-8-7-9-11-21)28-23-13-12-22(30-5)16-26(23)32-29(27)28/h3*8-18H,1-5,7H3;7-16H,1-4,6H3/q4*+1/i2*1D3,4D3,17D,18D;1D3,4D3,16D,18D;3D3,15D. The number of nitrogens with zero attached hydrogens (tertiary/aromatic N) is 8. The van der Waals surface area contributed by atoms with E-state index in [4.69, 9.17) is 78.2 Å². The van der Waals surface area contributed by atoms with E-state index in [1.165, 1.54) is 0 Å². The van der Waals surface area contributed by atoms with Gasteiger partial charge in [0.05, 0.1) is 54.0 Å². The summed E-state index contributed by atoms with van der Waals surface area (Å²) in [5, 5.41) is 6.29. The highest BCUT2D eigenvalue weighted by Gasteiger charge is 2.33. The first-order valence-corrected chi connectivity index (χ1v) is 43.4. The smallest absolute Gasteiger partial charge is 0.216 e. The molecule has 3 atom stereocenters. The number of benzene rings is 12. The van der Waals surface area contributed by atoms with Crippen LogP contribution in [0.3, 0.4) is 0 Å². The highest BCUT2D eigenvalue weighted by Crippen LogP contribution is 2.50. The molecule has 0 aliphatic rings. The van der Waals surface area contributed by atoms with Gasteiger partial charge in [-0.25, -0.2) is 19.4 Å². The van der Waals surface area contributed by atoms with E-state index >= 15 is 0 Å². The number of aryl methyl sites for hydroxylation is 4. The summed E-state index contributed by atoms with van der Waals surface area (Å²) in [5.74, 6) is -7.16. The highest BCUT2D eigenvalue weighted by atomic mass is 16.3. The summed E-state index contributed by atoms with van der Waals surface area (Å²) < 4.78 is 267. The Morgan fingerprint density at radius 1 is 0.299 bits per heavy atom. The Bertz CT molecular complexity index is 9690. The van der Waals surface area contributed by atoms with Gasteiger partial charge in [-0.15, -0.1) is 0 Å². The van der Waals surface area contributed by atoms with Gasteiger partial charge in [0.15, 0.2) is 45.5 Å². The molecule has 12 nitrogen and oxygen atoms in total. The lowest BCUT2D eigenvalue weighted by Crippen LogP contribution is -2.36. The lowest BCUT2D eigenvalue weighted by atomic mass is 9.90. The molecule has 0 spiro atoms. The number of fused-ring (bicyclic) bond motifs is 12. The van der Waals surface area contributed by atoms with Crippen molar-refractivity contribution < 1.29 is 74.3 Å². The quantitative estimate of drug-likeness (QED) is 0.0954. The Kier molecular flexibility index (Phi) is 16.8. The fourth-order valence-corrected chi connectivity index (χ4v) is 18.1. The molecular formula is C122H112N8O4+4. The van der Waals surface area contributed by atoms with Gasteiger partial charge in [0.2, 0.25) is 22.8 Å². The van der Waals surface area contributed by atoms with Crippen molar-refractivity contribution in [1.82, 2.24) is 0 Å². The van der Waals surface area contributed by atoms with Crippen molar-refractivity contribution in [2.75, 3.05) is 0 Å². The van der Waals surface area contributed by atoms with Gasteiger partial charge < -0.3 is 17.7 Å². The molecule has 20 rings (SSSR count). The van der Waals surface area contributed by atoms with Crippen LogP contribution < -0.4 is 18.3 Å². The van der Waals surface area contributed by atoms with Crippen LogP contribution in [0.25, 0.3) is 197 Å². The Hall–Kier alpha value is -15.6. The maximum Gasteiger partial charge on any atom is 0.216 e. The molecule has 12 heteroatoms. The zero-order valence-corrected chi connectivity index (χ0v) is 77.0. The van der Waals surface area contributed by atoms with Crippen LogP contribution >= 0.6 is 0 Å². The van der Waals surface area contributed by atoms with Gasteiger partial charge in [-0.05, 0) is 211 Å². The third kappa shape index (κ3) is 15.9. The van der Waals surface area contributed by atoms with E-state index in [1.54, 1.807) is 117 Å². The topological polar surface area (TPSA) is 85.5 Å². The molecule has 0 radical (unpaired) electrons. The number of rotatable bonds is 11. The summed E-state index contributed by atoms with van der Waals surface area (Å²) in [6, 6.07) is 67.4. The fraction of sp³-hybridized carbons (Fsp3) is 0.213. The van der Waals surface area contributed by atoms with Crippen molar-refractivity contribution in [3.05, 3.63) is 378 Å². The minimum absolute atomic E-state index is 0.161. The van der Waals surface area contributed by atoms with Crippen molar-refractivity contribution in [1.29, 1.82) is 0 Å². The van der Waals surface area contributed by atoms with Gasteiger partial charge in [0, 0.05) is 150 Å². The number of furan rings is 4. The first-order valence-electron chi connectivity index (χ1n) is 57.4. The van der Waals surface area contributed by atoms with E-state index in [0.717, 1.165) is 119 Å². The third-order valence-electron chi connectivity index (χ3n) is 25.6. The number of aromatic nitrogens is 4. The first kappa shape index (κ1) is 61.9. The average Bonchev–Trinajstić information content (AvgIpc) is 1.28. The molecule has 0 N–H and O–H groups in total. The number of pyridine rings is 4. The molecular weight excluding hydrogens is 1640 g/mol. The molecule has 20 aromatic rings. The maximum atomic E-state index is 9.34. The zero-order valence-electron chi connectivity index (χ0n) is 105. The van der Waals surface area contributed by atoms with Gasteiger partial charge >= 0.3 is 0 Å². The summed E-state index contributed by atoms with van der Waals surface area (Å²) in [7, 11) is 6.69. The van der Waals surface area contributed by atoms with Crippen LogP contribution in [0.4, 0.5) is 22.7 Å². The molecule has 0 saturated heterocycles. The van der Waals surface area contributed by atoms with E-state index in [-0.39, 0.29) is 97.3 Å². The van der Waals surface area contributed by atoms with Gasteiger partial charge in [0.25, 0.3) is 0 Å². The minimum Gasteiger partial charge on any atom is -0.456 e. The predicted octanol–water partition coefficient (Wildman–Crippen LogP) is 32.6. The zero-order chi connectivity index (χ0) is 119. The van der Waals surface area contributed by atoms with Crippen LogP contribution in [0.2, 0.25) is 0 Å². The summed E-state index contributed by atoms with van der Waals surface area (Å²) in [5.41, 5.74) is 19.3. The maximum absolute atomic E-state index is 9.34. The molecule has 12 aromatic carbocycles. The Morgan fingerprint density at radius 2 is 0.634 bits per heavy atom. The first-order chi connectivity index (χ1) is 75.5. The Morgan fingerprint density at radius 3 is 1.03 bits per heavy atom. The Balaban J connectivity index is 0.000000145. The summed E-state index contributed by atoms with van der Waals surface area (Å²) in [6.45, 7) is 30.1. The summed E-state index contributed by atoms with van der Waals surface area (Å²) in [4.78, 5) is 14.5. The molecule has 0 fully saturated rings. The van der Waals surface area contributed by atoms with Crippen molar-refractivity contribution in [2.45, 2.75) is 149 Å². The Labute approximate surface area is 825 Å². The van der Waals surface area contributed by atoms with Gasteiger partial charge in [0.1, 0.15) is 72.9 Å². The molecule has 660 valence electrons. The normalized spacial score (nSPS) is 16.4. The van der Waals surface area contributed by atoms with Crippen molar-refractivity contribution in [3.8, 4) is 89.5 Å². The second kappa shape index (κ2) is 36.3. The minimum atomic E-state index is -2.91. The fourth-order valence-electron chi connectivity index (χ4n) is 18.1. The van der Waals surface area contributed by atoms with E-state index in [1.807, 2.05) is 191 Å². The van der Waals surface area contributed by atoms with E-state index in [2.05, 4.69) is 37.6 Å². The van der Waals surface area contributed by atoms with Crippen LogP contribution in [0.1, 0.15) is 187 Å². The SMILES string of the molecule is [2H]c1c(C([2H])(C)C([2H])([2H])[2H])c(C([2H])([2H])[2H])c(C)[n+](C)c1-c1c(C)cc(-c2ccccc2)c2c1oc1cc([N+]#[C-])ccc12.[2H]c1c(C([2H])(C)C([2H])([2H])[2H])c(C([2H])([2H])[2H])c(C)[n+](C)c1-c1c(C)ccc2c1oc1cc([N+]#[C-])c(-c3ccccc3)cc12.[2H]c1c(C([2H])(C)C([2H])([2H])[2H])c(C([2H])([2H])[2H])c(C)[n+](C)c1-c1c(C)ccc2c1oc1cc([N+]#[C-])cc(-c3ccccc3)c12.[2H]c1c(C)c(C([2H])([2H])[2H])c(C)[n+](C)c1-c1c(C)cc(-c2ccccc2)c2c1oc1cc([N+]#[C-])ccc12. The van der Waals surface area contributed by atoms with Gasteiger partial charge in [-0.1, -0.05) is 217 Å². The monoisotopic (exact) mass is 1780 g/mol. The van der Waals surface area contributed by atoms with Gasteiger partial charge in [-0.3, -0.25) is 0 Å². The highest BCUT2D eigenvalue weighted by molar-refractivity contribution is 6.20. The van der Waals surface area contributed by atoms with Crippen LogP contribution in [-0.4, -0.2) is 0 Å². The molecule has 0 bridgehead atoms. The number of hydrogen-bond acceptors (Lipinski definition) is 4. The summed E-state index contributed by atoms with van der Waals surface area (Å²) in [6.07, 6.45) is 0. The lowest BCUT2D eigenvalue weighted by molar-refractivity contribution is -0.667. The van der Waals surface area contributed by atoms with E-state index < -0.39 is 65.6 Å². The average molecular weight is 1780 g/mol. The molecule has 3 unspecified atom stereocenters. The third-order valence-corrected chi connectivity index (χ3v) is 25.6. The van der Waals surface area contributed by atoms with E-state index in [0.29, 0.717) is 118 Å². The van der Waals surface area contributed by atoms with Crippen LogP contribution in [0.5, 0.6) is 0 Å². The molecule has 8 aromatic heterocycles. The molecule has 0 aliphatic carbocycles. The molecule has 8 heterocycles. The summed E-state index contributed by atoms with van der Waals surface area (Å²) >= 11 is 0. The van der Waals surface area contributed by atoms with E-state index in [9.17, 15) is 4.11 Å².